The number of aliphatic hydroxyl groups excluding tert-OH is 1. The van der Waals surface area contributed by atoms with Crippen LogP contribution in [-0.2, 0) is 6.61 Å². The first-order valence-electron chi connectivity index (χ1n) is 7.65. The van der Waals surface area contributed by atoms with E-state index in [-0.39, 0.29) is 0 Å². The van der Waals surface area contributed by atoms with Crippen LogP contribution in [0.15, 0.2) is 48.5 Å². The smallest absolute Gasteiger partial charge is 0.120 e. The molecule has 0 bridgehead atoms. The van der Waals surface area contributed by atoms with Gasteiger partial charge in [-0.25, -0.2) is 0 Å². The molecule has 0 heterocycles. The van der Waals surface area contributed by atoms with E-state index in [0.29, 0.717) is 13.0 Å². The van der Waals surface area contributed by atoms with Crippen LogP contribution >= 0.6 is 0 Å². The van der Waals surface area contributed by atoms with Crippen LogP contribution in [0.1, 0.15) is 29.2 Å². The lowest BCUT2D eigenvalue weighted by Crippen LogP contribution is -2.15. The molecule has 0 amide bonds. The molecule has 0 fully saturated rings. The highest BCUT2D eigenvalue weighted by Crippen LogP contribution is 2.22. The van der Waals surface area contributed by atoms with Crippen LogP contribution in [-0.4, -0.2) is 30.6 Å². The van der Waals surface area contributed by atoms with Gasteiger partial charge in [-0.1, -0.05) is 42.0 Å². The fraction of sp³-hybridized carbons (Fsp3) is 0.368. The maximum atomic E-state index is 10.2. The number of benzene rings is 2. The van der Waals surface area contributed by atoms with E-state index in [2.05, 4.69) is 36.1 Å². The van der Waals surface area contributed by atoms with Crippen LogP contribution in [0.2, 0.25) is 0 Å². The summed E-state index contributed by atoms with van der Waals surface area (Å²) in [6.07, 6.45) is 0.263. The molecule has 2 aromatic rings. The normalized spacial score (nSPS) is 12.4. The SMILES string of the molecule is Cc1ccc(COc2cccc(C(O)CCN(C)C)c2)cc1. The first-order valence-corrected chi connectivity index (χ1v) is 7.65. The molecule has 3 nitrogen and oxygen atoms in total. The number of ether oxygens (including phenoxy) is 1. The highest BCUT2D eigenvalue weighted by atomic mass is 16.5. The monoisotopic (exact) mass is 299 g/mol. The molecular formula is C19H25NO2. The second-order valence-electron chi connectivity index (χ2n) is 5.95. The van der Waals surface area contributed by atoms with Gasteiger partial charge in [-0.2, -0.15) is 0 Å². The first kappa shape index (κ1) is 16.5. The summed E-state index contributed by atoms with van der Waals surface area (Å²) < 4.78 is 5.83. The molecule has 1 unspecified atom stereocenters. The van der Waals surface area contributed by atoms with Crippen molar-refractivity contribution in [3.63, 3.8) is 0 Å². The molecule has 2 aromatic carbocycles. The van der Waals surface area contributed by atoms with Crippen LogP contribution in [0.25, 0.3) is 0 Å². The van der Waals surface area contributed by atoms with Crippen molar-refractivity contribution in [2.45, 2.75) is 26.1 Å². The molecule has 1 N–H and O–H groups in total. The van der Waals surface area contributed by atoms with Gasteiger partial charge >= 0.3 is 0 Å². The third kappa shape index (κ3) is 5.17. The summed E-state index contributed by atoms with van der Waals surface area (Å²) in [5.41, 5.74) is 3.29. The van der Waals surface area contributed by atoms with Gasteiger partial charge in [0.15, 0.2) is 0 Å². The van der Waals surface area contributed by atoms with E-state index in [0.717, 1.165) is 23.4 Å². The van der Waals surface area contributed by atoms with E-state index < -0.39 is 6.10 Å². The van der Waals surface area contributed by atoms with E-state index in [1.807, 2.05) is 38.4 Å². The van der Waals surface area contributed by atoms with E-state index in [1.165, 1.54) is 5.56 Å². The highest BCUT2D eigenvalue weighted by Gasteiger charge is 2.09. The van der Waals surface area contributed by atoms with Crippen molar-refractivity contribution < 1.29 is 9.84 Å². The van der Waals surface area contributed by atoms with Crippen molar-refractivity contribution in [3.05, 3.63) is 65.2 Å². The Morgan fingerprint density at radius 2 is 1.82 bits per heavy atom. The van der Waals surface area contributed by atoms with E-state index in [9.17, 15) is 5.11 Å². The number of aryl methyl sites for hydroxylation is 1. The van der Waals surface area contributed by atoms with Gasteiger partial charge < -0.3 is 14.7 Å². The number of aliphatic hydroxyl groups is 1. The zero-order chi connectivity index (χ0) is 15.9. The summed E-state index contributed by atoms with van der Waals surface area (Å²) in [6.45, 7) is 3.47. The van der Waals surface area contributed by atoms with Gasteiger partial charge in [-0.05, 0) is 50.7 Å². The molecule has 0 saturated carbocycles. The van der Waals surface area contributed by atoms with Crippen LogP contribution in [0.4, 0.5) is 0 Å². The standard InChI is InChI=1S/C19H25NO2/c1-15-7-9-16(10-8-15)14-22-18-6-4-5-17(13-18)19(21)11-12-20(2)3/h4-10,13,19,21H,11-12,14H2,1-3H3. The molecule has 0 aliphatic rings. The topological polar surface area (TPSA) is 32.7 Å². The molecule has 0 aliphatic carbocycles. The minimum absolute atomic E-state index is 0.453. The summed E-state index contributed by atoms with van der Waals surface area (Å²) >= 11 is 0. The maximum absolute atomic E-state index is 10.2. The average Bonchev–Trinajstić information content (AvgIpc) is 2.52. The molecule has 2 rings (SSSR count). The van der Waals surface area contributed by atoms with E-state index >= 15 is 0 Å². The summed E-state index contributed by atoms with van der Waals surface area (Å²) in [7, 11) is 4.02. The summed E-state index contributed by atoms with van der Waals surface area (Å²) in [5.74, 6) is 0.793. The molecule has 3 heteroatoms. The predicted molar refractivity (Wildman–Crippen MR) is 90.1 cm³/mol. The minimum Gasteiger partial charge on any atom is -0.489 e. The highest BCUT2D eigenvalue weighted by molar-refractivity contribution is 5.30. The molecule has 118 valence electrons. The maximum Gasteiger partial charge on any atom is 0.120 e. The Balaban J connectivity index is 1.94. The molecule has 0 spiro atoms. The van der Waals surface area contributed by atoms with Gasteiger partial charge in [0.2, 0.25) is 0 Å². The van der Waals surface area contributed by atoms with Gasteiger partial charge in [0.1, 0.15) is 12.4 Å². The van der Waals surface area contributed by atoms with Crippen LogP contribution in [0.3, 0.4) is 0 Å². The van der Waals surface area contributed by atoms with Crippen molar-refractivity contribution in [1.82, 2.24) is 4.90 Å². The molecule has 0 radical (unpaired) electrons. The Bertz CT molecular complexity index is 578. The molecule has 1 atom stereocenters. The van der Waals surface area contributed by atoms with Crippen molar-refractivity contribution in [2.24, 2.45) is 0 Å². The Morgan fingerprint density at radius 1 is 1.09 bits per heavy atom. The van der Waals surface area contributed by atoms with E-state index in [1.54, 1.807) is 0 Å². The Kier molecular flexibility index (Phi) is 5.99. The first-order chi connectivity index (χ1) is 10.5. The number of hydrogen-bond acceptors (Lipinski definition) is 3. The van der Waals surface area contributed by atoms with Crippen LogP contribution in [0, 0.1) is 6.92 Å². The van der Waals surface area contributed by atoms with Gasteiger partial charge in [-0.3, -0.25) is 0 Å². The van der Waals surface area contributed by atoms with Crippen molar-refractivity contribution in [1.29, 1.82) is 0 Å². The van der Waals surface area contributed by atoms with Gasteiger partial charge in [0, 0.05) is 6.54 Å². The minimum atomic E-state index is -0.453. The average molecular weight is 299 g/mol. The molecular weight excluding hydrogens is 274 g/mol. The number of nitrogens with zero attached hydrogens (tertiary/aromatic N) is 1. The van der Waals surface area contributed by atoms with Gasteiger partial charge in [0.05, 0.1) is 6.10 Å². The largest absolute Gasteiger partial charge is 0.489 e. The van der Waals surface area contributed by atoms with Crippen LogP contribution < -0.4 is 4.74 Å². The third-order valence-electron chi connectivity index (χ3n) is 3.62. The molecule has 0 aromatic heterocycles. The Morgan fingerprint density at radius 3 is 2.50 bits per heavy atom. The van der Waals surface area contributed by atoms with Crippen molar-refractivity contribution >= 4 is 0 Å². The lowest BCUT2D eigenvalue weighted by atomic mass is 10.1. The van der Waals surface area contributed by atoms with Gasteiger partial charge in [-0.15, -0.1) is 0 Å². The van der Waals surface area contributed by atoms with Crippen LogP contribution in [0.5, 0.6) is 5.75 Å². The third-order valence-corrected chi connectivity index (χ3v) is 3.62. The quantitative estimate of drug-likeness (QED) is 0.848. The zero-order valence-electron chi connectivity index (χ0n) is 13.6. The van der Waals surface area contributed by atoms with Gasteiger partial charge in [0.25, 0.3) is 0 Å². The van der Waals surface area contributed by atoms with Crippen molar-refractivity contribution in [2.75, 3.05) is 20.6 Å². The lowest BCUT2D eigenvalue weighted by Gasteiger charge is -2.15. The number of hydrogen-bond donors (Lipinski definition) is 1. The fourth-order valence-corrected chi connectivity index (χ4v) is 2.21. The van der Waals surface area contributed by atoms with E-state index in [4.69, 9.17) is 4.74 Å². The second-order valence-corrected chi connectivity index (χ2v) is 5.95. The Labute approximate surface area is 133 Å². The molecule has 22 heavy (non-hydrogen) atoms. The fourth-order valence-electron chi connectivity index (χ4n) is 2.21. The summed E-state index contributed by atoms with van der Waals surface area (Å²) in [4.78, 5) is 2.07. The lowest BCUT2D eigenvalue weighted by molar-refractivity contribution is 0.153. The van der Waals surface area contributed by atoms with Crippen molar-refractivity contribution in [3.8, 4) is 5.75 Å². The summed E-state index contributed by atoms with van der Waals surface area (Å²) in [6, 6.07) is 16.0. The molecule has 0 aliphatic heterocycles. The Hall–Kier alpha value is -1.84. The molecule has 0 saturated heterocycles. The zero-order valence-corrected chi connectivity index (χ0v) is 13.6. The number of rotatable bonds is 7. The summed E-state index contributed by atoms with van der Waals surface area (Å²) in [5, 5.41) is 10.2. The predicted octanol–water partition coefficient (Wildman–Crippen LogP) is 3.56. The second kappa shape index (κ2) is 7.97.